The van der Waals surface area contributed by atoms with Crippen LogP contribution in [0.4, 0.5) is 4.39 Å². The molecule has 1 aliphatic heterocycles. The van der Waals surface area contributed by atoms with Crippen LogP contribution in [0.25, 0.3) is 0 Å². The van der Waals surface area contributed by atoms with Crippen molar-refractivity contribution in [1.82, 2.24) is 5.32 Å². The molecule has 0 amide bonds. The number of benzene rings is 1. The smallest absolute Gasteiger partial charge is 0.126 e. The van der Waals surface area contributed by atoms with Gasteiger partial charge in [0.15, 0.2) is 0 Å². The quantitative estimate of drug-likeness (QED) is 0.786. The highest BCUT2D eigenvalue weighted by Crippen LogP contribution is 2.19. The van der Waals surface area contributed by atoms with E-state index in [4.69, 9.17) is 0 Å². The lowest BCUT2D eigenvalue weighted by Crippen LogP contribution is -2.31. The Labute approximate surface area is 90.7 Å². The molecular weight excluding hydrogens is 189 g/mol. The first kappa shape index (κ1) is 10.6. The molecule has 82 valence electrons. The SMILES string of the molecule is Cc1ccc(CC2CCCNC2)c(F)c1. The molecule has 1 N–H and O–H groups in total. The first-order valence-corrected chi connectivity index (χ1v) is 5.71. The van der Waals surface area contributed by atoms with Gasteiger partial charge < -0.3 is 5.32 Å². The van der Waals surface area contributed by atoms with Crippen LogP contribution in [0, 0.1) is 18.7 Å². The second-order valence-electron chi connectivity index (χ2n) is 4.51. The lowest BCUT2D eigenvalue weighted by Gasteiger charge is -2.22. The third kappa shape index (κ3) is 2.78. The maximum absolute atomic E-state index is 13.6. The van der Waals surface area contributed by atoms with Crippen molar-refractivity contribution in [2.24, 2.45) is 5.92 Å². The van der Waals surface area contributed by atoms with E-state index in [1.165, 1.54) is 12.8 Å². The van der Waals surface area contributed by atoms with E-state index in [0.717, 1.165) is 30.6 Å². The van der Waals surface area contributed by atoms with E-state index in [0.29, 0.717) is 5.92 Å². The lowest BCUT2D eigenvalue weighted by atomic mass is 9.92. The summed E-state index contributed by atoms with van der Waals surface area (Å²) in [5.74, 6) is 0.566. The van der Waals surface area contributed by atoms with Gasteiger partial charge in [-0.1, -0.05) is 12.1 Å². The van der Waals surface area contributed by atoms with E-state index in [1.807, 2.05) is 19.1 Å². The summed E-state index contributed by atoms with van der Waals surface area (Å²) in [6.45, 7) is 4.08. The number of nitrogens with one attached hydrogen (secondary N) is 1. The maximum Gasteiger partial charge on any atom is 0.126 e. The van der Waals surface area contributed by atoms with Gasteiger partial charge in [0, 0.05) is 0 Å². The number of halogens is 1. The minimum atomic E-state index is -0.0411. The fraction of sp³-hybridized carbons (Fsp3) is 0.538. The van der Waals surface area contributed by atoms with Gasteiger partial charge in [0.1, 0.15) is 5.82 Å². The van der Waals surface area contributed by atoms with E-state index in [9.17, 15) is 4.39 Å². The second-order valence-corrected chi connectivity index (χ2v) is 4.51. The normalized spacial score (nSPS) is 21.6. The molecule has 0 radical (unpaired) electrons. The van der Waals surface area contributed by atoms with Crippen LogP contribution in [0.1, 0.15) is 24.0 Å². The molecule has 1 aliphatic rings. The monoisotopic (exact) mass is 207 g/mol. The van der Waals surface area contributed by atoms with Crippen molar-refractivity contribution in [3.05, 3.63) is 35.1 Å². The van der Waals surface area contributed by atoms with Crippen LogP contribution in [0.2, 0.25) is 0 Å². The molecule has 1 nitrogen and oxygen atoms in total. The zero-order valence-electron chi connectivity index (χ0n) is 9.22. The van der Waals surface area contributed by atoms with Crippen LogP contribution < -0.4 is 5.32 Å². The molecule has 1 aromatic carbocycles. The summed E-state index contributed by atoms with van der Waals surface area (Å²) in [4.78, 5) is 0. The van der Waals surface area contributed by atoms with Crippen LogP contribution in [0.5, 0.6) is 0 Å². The molecule has 1 fully saturated rings. The second kappa shape index (κ2) is 4.75. The van der Waals surface area contributed by atoms with Gasteiger partial charge in [0.2, 0.25) is 0 Å². The van der Waals surface area contributed by atoms with Gasteiger partial charge in [0.05, 0.1) is 0 Å². The van der Waals surface area contributed by atoms with E-state index in [1.54, 1.807) is 6.07 Å². The van der Waals surface area contributed by atoms with Gasteiger partial charge in [-0.25, -0.2) is 4.39 Å². The zero-order chi connectivity index (χ0) is 10.7. The fourth-order valence-corrected chi connectivity index (χ4v) is 2.23. The summed E-state index contributed by atoms with van der Waals surface area (Å²) < 4.78 is 13.6. The van der Waals surface area contributed by atoms with Crippen LogP contribution in [0.15, 0.2) is 18.2 Å². The molecular formula is C13H18FN. The Bertz CT molecular complexity index is 329. The molecule has 15 heavy (non-hydrogen) atoms. The topological polar surface area (TPSA) is 12.0 Å². The molecule has 0 aliphatic carbocycles. The van der Waals surface area contributed by atoms with Crippen LogP contribution in [-0.2, 0) is 6.42 Å². The Morgan fingerprint density at radius 2 is 2.33 bits per heavy atom. The maximum atomic E-state index is 13.6. The average Bonchev–Trinajstić information content (AvgIpc) is 2.24. The highest BCUT2D eigenvalue weighted by Gasteiger charge is 2.15. The minimum Gasteiger partial charge on any atom is -0.316 e. The van der Waals surface area contributed by atoms with Crippen molar-refractivity contribution >= 4 is 0 Å². The predicted molar refractivity (Wildman–Crippen MR) is 60.4 cm³/mol. The van der Waals surface area contributed by atoms with Crippen LogP contribution in [-0.4, -0.2) is 13.1 Å². The molecule has 1 unspecified atom stereocenters. The third-order valence-electron chi connectivity index (χ3n) is 3.12. The molecule has 0 aromatic heterocycles. The standard InChI is InChI=1S/C13H18FN/c1-10-4-5-12(13(14)7-10)8-11-3-2-6-15-9-11/h4-5,7,11,15H,2-3,6,8-9H2,1H3. The van der Waals surface area contributed by atoms with Crippen molar-refractivity contribution in [1.29, 1.82) is 0 Å². The van der Waals surface area contributed by atoms with E-state index in [-0.39, 0.29) is 5.82 Å². The zero-order valence-corrected chi connectivity index (χ0v) is 9.22. The summed E-state index contributed by atoms with van der Waals surface area (Å²) in [5.41, 5.74) is 1.87. The molecule has 2 rings (SSSR count). The third-order valence-corrected chi connectivity index (χ3v) is 3.12. The Morgan fingerprint density at radius 1 is 1.47 bits per heavy atom. The Hall–Kier alpha value is -0.890. The van der Waals surface area contributed by atoms with Crippen LogP contribution in [0.3, 0.4) is 0 Å². The average molecular weight is 207 g/mol. The van der Waals surface area contributed by atoms with Gasteiger partial charge in [-0.3, -0.25) is 0 Å². The van der Waals surface area contributed by atoms with Crippen molar-refractivity contribution < 1.29 is 4.39 Å². The number of rotatable bonds is 2. The first-order chi connectivity index (χ1) is 7.25. The van der Waals surface area contributed by atoms with E-state index >= 15 is 0 Å². The van der Waals surface area contributed by atoms with Crippen molar-refractivity contribution in [3.63, 3.8) is 0 Å². The fourth-order valence-electron chi connectivity index (χ4n) is 2.23. The first-order valence-electron chi connectivity index (χ1n) is 5.71. The summed E-state index contributed by atoms with van der Waals surface area (Å²) in [7, 11) is 0. The Kier molecular flexibility index (Phi) is 3.37. The van der Waals surface area contributed by atoms with Crippen molar-refractivity contribution in [2.75, 3.05) is 13.1 Å². The van der Waals surface area contributed by atoms with Crippen molar-refractivity contribution in [3.8, 4) is 0 Å². The number of piperidine rings is 1. The van der Waals surface area contributed by atoms with Gasteiger partial charge in [0.25, 0.3) is 0 Å². The van der Waals surface area contributed by atoms with E-state index in [2.05, 4.69) is 5.32 Å². The predicted octanol–water partition coefficient (Wildman–Crippen LogP) is 2.68. The van der Waals surface area contributed by atoms with Crippen molar-refractivity contribution in [2.45, 2.75) is 26.2 Å². The molecule has 1 aromatic rings. The highest BCUT2D eigenvalue weighted by molar-refractivity contribution is 5.23. The van der Waals surface area contributed by atoms with Gasteiger partial charge in [-0.2, -0.15) is 0 Å². The molecule has 1 heterocycles. The Morgan fingerprint density at radius 3 is 3.00 bits per heavy atom. The molecule has 2 heteroatoms. The number of hydrogen-bond donors (Lipinski definition) is 1. The summed E-state index contributed by atoms with van der Waals surface area (Å²) in [5, 5.41) is 3.36. The number of hydrogen-bond acceptors (Lipinski definition) is 1. The highest BCUT2D eigenvalue weighted by atomic mass is 19.1. The van der Waals surface area contributed by atoms with Gasteiger partial charge in [-0.05, 0) is 62.4 Å². The summed E-state index contributed by atoms with van der Waals surface area (Å²) >= 11 is 0. The molecule has 1 atom stereocenters. The molecule has 0 spiro atoms. The largest absolute Gasteiger partial charge is 0.316 e. The van der Waals surface area contributed by atoms with Crippen LogP contribution >= 0.6 is 0 Å². The lowest BCUT2D eigenvalue weighted by molar-refractivity contribution is 0.372. The molecule has 0 saturated carbocycles. The van der Waals surface area contributed by atoms with Gasteiger partial charge >= 0.3 is 0 Å². The summed E-state index contributed by atoms with van der Waals surface area (Å²) in [6, 6.07) is 5.56. The van der Waals surface area contributed by atoms with E-state index < -0.39 is 0 Å². The number of aryl methyl sites for hydroxylation is 1. The summed E-state index contributed by atoms with van der Waals surface area (Å²) in [6.07, 6.45) is 3.32. The van der Waals surface area contributed by atoms with Gasteiger partial charge in [-0.15, -0.1) is 0 Å². The molecule has 1 saturated heterocycles. The molecule has 0 bridgehead atoms. The Balaban J connectivity index is 2.03. The minimum absolute atomic E-state index is 0.0411.